The Labute approximate surface area is 179 Å². The maximum Gasteiger partial charge on any atom is 0.344 e. The second kappa shape index (κ2) is 8.52. The molecular formula is C24H23ClO5. The van der Waals surface area contributed by atoms with E-state index in [0.717, 1.165) is 31.1 Å². The first-order valence-corrected chi connectivity index (χ1v) is 10.5. The monoisotopic (exact) mass is 426 g/mol. The predicted octanol–water partition coefficient (Wildman–Crippen LogP) is 5.86. The number of rotatable bonds is 4. The number of para-hydroxylation sites is 1. The molecular weight excluding hydrogens is 404 g/mol. The van der Waals surface area contributed by atoms with Gasteiger partial charge in [0.15, 0.2) is 0 Å². The van der Waals surface area contributed by atoms with Gasteiger partial charge in [0, 0.05) is 16.0 Å². The molecule has 6 heteroatoms. The molecule has 4 rings (SSSR count). The van der Waals surface area contributed by atoms with Crippen molar-refractivity contribution < 1.29 is 18.7 Å². The Balaban J connectivity index is 1.70. The maximum absolute atomic E-state index is 12.8. The molecule has 0 bridgehead atoms. The normalized spacial score (nSPS) is 18.9. The van der Waals surface area contributed by atoms with Crippen molar-refractivity contribution in [2.45, 2.75) is 38.7 Å². The molecule has 0 radical (unpaired) electrons. The van der Waals surface area contributed by atoms with Crippen molar-refractivity contribution in [3.05, 3.63) is 63.5 Å². The summed E-state index contributed by atoms with van der Waals surface area (Å²) in [6, 6.07) is 12.1. The number of carbonyl (C=O) groups is 1. The highest BCUT2D eigenvalue weighted by Crippen LogP contribution is 2.35. The molecule has 3 aromatic rings. The smallest absolute Gasteiger partial charge is 0.344 e. The van der Waals surface area contributed by atoms with Gasteiger partial charge in [-0.2, -0.15) is 0 Å². The molecule has 5 nitrogen and oxygen atoms in total. The van der Waals surface area contributed by atoms with Crippen molar-refractivity contribution in [3.8, 4) is 16.9 Å². The van der Waals surface area contributed by atoms with E-state index in [9.17, 15) is 9.59 Å². The summed E-state index contributed by atoms with van der Waals surface area (Å²) in [5, 5.41) is 1.03. The molecule has 1 fully saturated rings. The molecule has 1 aliphatic rings. The fourth-order valence-corrected chi connectivity index (χ4v) is 4.30. The number of ether oxygens (including phenoxy) is 2. The molecule has 0 N–H and O–H groups in total. The number of halogens is 1. The molecule has 1 saturated carbocycles. The van der Waals surface area contributed by atoms with Crippen molar-refractivity contribution in [1.82, 2.24) is 0 Å². The fourth-order valence-electron chi connectivity index (χ4n) is 4.04. The minimum atomic E-state index is -0.510. The quantitative estimate of drug-likeness (QED) is 0.386. The molecule has 0 unspecified atom stereocenters. The van der Waals surface area contributed by atoms with Crippen LogP contribution in [0.1, 0.15) is 43.0 Å². The molecule has 0 spiro atoms. The average molecular weight is 427 g/mol. The van der Waals surface area contributed by atoms with Gasteiger partial charge in [-0.25, -0.2) is 9.59 Å². The maximum atomic E-state index is 12.8. The summed E-state index contributed by atoms with van der Waals surface area (Å²) >= 11 is 6.48. The number of carbonyl (C=O) groups excluding carboxylic acids is 1. The van der Waals surface area contributed by atoms with Gasteiger partial charge in [-0.3, -0.25) is 0 Å². The molecule has 0 saturated heterocycles. The van der Waals surface area contributed by atoms with Crippen molar-refractivity contribution in [2.75, 3.05) is 7.11 Å². The molecule has 156 valence electrons. The van der Waals surface area contributed by atoms with E-state index >= 15 is 0 Å². The number of hydrogen-bond donors (Lipinski definition) is 0. The minimum Gasteiger partial charge on any atom is -0.496 e. The van der Waals surface area contributed by atoms with Gasteiger partial charge >= 0.3 is 11.6 Å². The number of methoxy groups -OCH3 is 1. The van der Waals surface area contributed by atoms with Crippen LogP contribution in [0.4, 0.5) is 0 Å². The average Bonchev–Trinajstić information content (AvgIpc) is 2.73. The van der Waals surface area contributed by atoms with E-state index in [-0.39, 0.29) is 16.7 Å². The van der Waals surface area contributed by atoms with E-state index in [0.29, 0.717) is 28.4 Å². The Bertz CT molecular complexity index is 1150. The van der Waals surface area contributed by atoms with Gasteiger partial charge in [0.05, 0.1) is 12.7 Å². The summed E-state index contributed by atoms with van der Waals surface area (Å²) in [6.45, 7) is 2.17. The summed E-state index contributed by atoms with van der Waals surface area (Å²) in [7, 11) is 1.47. The second-order valence-electron chi connectivity index (χ2n) is 7.82. The lowest BCUT2D eigenvalue weighted by atomic mass is 9.89. The Morgan fingerprint density at radius 1 is 1.13 bits per heavy atom. The van der Waals surface area contributed by atoms with Crippen LogP contribution in [-0.4, -0.2) is 19.2 Å². The highest BCUT2D eigenvalue weighted by atomic mass is 35.5. The van der Waals surface area contributed by atoms with Crippen molar-refractivity contribution in [1.29, 1.82) is 0 Å². The van der Waals surface area contributed by atoms with E-state index in [1.165, 1.54) is 13.2 Å². The lowest BCUT2D eigenvalue weighted by molar-refractivity contribution is 0.0152. The number of benzene rings is 2. The molecule has 2 aromatic carbocycles. The summed E-state index contributed by atoms with van der Waals surface area (Å²) in [5.74, 6) is 0.373. The van der Waals surface area contributed by atoms with Crippen LogP contribution in [0.5, 0.6) is 5.75 Å². The zero-order valence-corrected chi connectivity index (χ0v) is 17.7. The van der Waals surface area contributed by atoms with Gasteiger partial charge in [0.1, 0.15) is 23.0 Å². The van der Waals surface area contributed by atoms with E-state index in [1.807, 2.05) is 12.1 Å². The molecule has 1 aromatic heterocycles. The number of esters is 1. The summed E-state index contributed by atoms with van der Waals surface area (Å²) < 4.78 is 16.6. The predicted molar refractivity (Wildman–Crippen MR) is 116 cm³/mol. The highest BCUT2D eigenvalue weighted by molar-refractivity contribution is 6.33. The van der Waals surface area contributed by atoms with Gasteiger partial charge in [0.25, 0.3) is 0 Å². The first-order chi connectivity index (χ1) is 14.5. The van der Waals surface area contributed by atoms with E-state index in [1.54, 1.807) is 24.3 Å². The lowest BCUT2D eigenvalue weighted by Crippen LogP contribution is -2.24. The van der Waals surface area contributed by atoms with Crippen LogP contribution in [-0.2, 0) is 4.74 Å². The summed E-state index contributed by atoms with van der Waals surface area (Å²) in [6.07, 6.45) is 3.83. The van der Waals surface area contributed by atoms with Crippen LogP contribution in [0, 0.1) is 5.92 Å². The number of hydrogen-bond acceptors (Lipinski definition) is 5. The zero-order chi connectivity index (χ0) is 21.3. The van der Waals surface area contributed by atoms with Gasteiger partial charge < -0.3 is 13.9 Å². The highest BCUT2D eigenvalue weighted by Gasteiger charge is 2.25. The minimum absolute atomic E-state index is 0.100. The second-order valence-corrected chi connectivity index (χ2v) is 8.22. The Morgan fingerprint density at radius 2 is 1.93 bits per heavy atom. The van der Waals surface area contributed by atoms with Gasteiger partial charge in [0.2, 0.25) is 0 Å². The standard InChI is InChI=1S/C24H23ClO5/c1-14-6-5-8-16(10-14)29-24(27)19-12-20(25)17(13-22(19)28-2)18-11-15-7-3-4-9-21(15)30-23(18)26/h3-4,7,9,11-14,16H,5-6,8,10H2,1-2H3/t14-,16-/m0/s1. The Kier molecular flexibility index (Phi) is 5.82. The van der Waals surface area contributed by atoms with Crippen LogP contribution in [0.15, 0.2) is 51.7 Å². The fraction of sp³-hybridized carbons (Fsp3) is 0.333. The van der Waals surface area contributed by atoms with Crippen LogP contribution in [0.3, 0.4) is 0 Å². The van der Waals surface area contributed by atoms with Crippen molar-refractivity contribution in [3.63, 3.8) is 0 Å². The van der Waals surface area contributed by atoms with Gasteiger partial charge in [-0.1, -0.05) is 43.1 Å². The van der Waals surface area contributed by atoms with Gasteiger partial charge in [-0.15, -0.1) is 0 Å². The zero-order valence-electron chi connectivity index (χ0n) is 16.9. The third kappa shape index (κ3) is 4.08. The van der Waals surface area contributed by atoms with E-state index < -0.39 is 11.6 Å². The largest absolute Gasteiger partial charge is 0.496 e. The Morgan fingerprint density at radius 3 is 2.70 bits per heavy atom. The molecule has 1 heterocycles. The number of fused-ring (bicyclic) bond motifs is 1. The van der Waals surface area contributed by atoms with Crippen molar-refractivity contribution >= 4 is 28.5 Å². The molecule has 0 aliphatic heterocycles. The third-order valence-electron chi connectivity index (χ3n) is 5.60. The third-order valence-corrected chi connectivity index (χ3v) is 5.92. The van der Waals surface area contributed by atoms with E-state index in [2.05, 4.69) is 6.92 Å². The van der Waals surface area contributed by atoms with E-state index in [4.69, 9.17) is 25.5 Å². The SMILES string of the molecule is COc1cc(-c2cc3ccccc3oc2=O)c(Cl)cc1C(=O)O[C@H]1CCC[C@H](C)C1. The molecule has 2 atom stereocenters. The van der Waals surface area contributed by atoms with Crippen molar-refractivity contribution in [2.24, 2.45) is 5.92 Å². The summed E-state index contributed by atoms with van der Waals surface area (Å²) in [4.78, 5) is 25.3. The van der Waals surface area contributed by atoms with Crippen LogP contribution in [0.25, 0.3) is 22.1 Å². The lowest BCUT2D eigenvalue weighted by Gasteiger charge is -2.26. The van der Waals surface area contributed by atoms with Crippen LogP contribution in [0.2, 0.25) is 5.02 Å². The van der Waals surface area contributed by atoms with Crippen LogP contribution >= 0.6 is 11.6 Å². The first kappa shape index (κ1) is 20.5. The Hall–Kier alpha value is -2.79. The van der Waals surface area contributed by atoms with Gasteiger partial charge in [-0.05, 0) is 49.4 Å². The summed E-state index contributed by atoms with van der Waals surface area (Å²) in [5.41, 5.74) is 0.976. The molecule has 30 heavy (non-hydrogen) atoms. The topological polar surface area (TPSA) is 65.7 Å². The van der Waals surface area contributed by atoms with Crippen LogP contribution < -0.4 is 10.4 Å². The molecule has 0 amide bonds. The first-order valence-electron chi connectivity index (χ1n) is 10.1. The molecule has 1 aliphatic carbocycles.